The molecule has 0 N–H and O–H groups in total. The van der Waals surface area contributed by atoms with Gasteiger partial charge >= 0.3 is 0 Å². The minimum absolute atomic E-state index is 0.139. The largest absolute Gasteiger partial charge is 0.336 e. The van der Waals surface area contributed by atoms with Gasteiger partial charge in [-0.05, 0) is 49.6 Å². The molecule has 2 aromatic carbocycles. The summed E-state index contributed by atoms with van der Waals surface area (Å²) in [6, 6.07) is 11.2. The van der Waals surface area contributed by atoms with E-state index in [2.05, 4.69) is 4.90 Å². The van der Waals surface area contributed by atoms with Crippen LogP contribution in [0.5, 0.6) is 0 Å². The molecule has 3 aliphatic heterocycles. The van der Waals surface area contributed by atoms with E-state index in [1.807, 2.05) is 29.2 Å². The highest BCUT2D eigenvalue weighted by molar-refractivity contribution is 6.30. The molecule has 3 heterocycles. The number of likely N-dealkylation sites (tertiary alicyclic amines) is 1. The molecule has 0 saturated carbocycles. The molecule has 3 atom stereocenters. The predicted molar refractivity (Wildman–Crippen MR) is 103 cm³/mol. The van der Waals surface area contributed by atoms with E-state index in [1.165, 1.54) is 12.1 Å². The second kappa shape index (κ2) is 6.53. The van der Waals surface area contributed by atoms with Crippen molar-refractivity contribution in [2.24, 2.45) is 5.92 Å². The molecule has 5 rings (SSSR count). The SMILES string of the molecule is O=C1N(Cc2cccc(Cl)c2)C[C@@H]2C[C@@H](c3ccc(F)cc3F)N3CCC[C@@]123. The number of carbonyl (C=O) groups excluding carboxylic acids is 1. The minimum Gasteiger partial charge on any atom is -0.336 e. The maximum absolute atomic E-state index is 14.5. The summed E-state index contributed by atoms with van der Waals surface area (Å²) in [6.45, 7) is 1.98. The third-order valence-corrected chi connectivity index (χ3v) is 6.95. The zero-order chi connectivity index (χ0) is 19.5. The van der Waals surface area contributed by atoms with Crippen LogP contribution in [0.15, 0.2) is 42.5 Å². The van der Waals surface area contributed by atoms with Crippen LogP contribution in [0.25, 0.3) is 0 Å². The van der Waals surface area contributed by atoms with Crippen LogP contribution in [-0.4, -0.2) is 34.3 Å². The van der Waals surface area contributed by atoms with Crippen molar-refractivity contribution in [1.82, 2.24) is 9.80 Å². The molecule has 2 aromatic rings. The summed E-state index contributed by atoms with van der Waals surface area (Å²) < 4.78 is 27.8. The van der Waals surface area contributed by atoms with E-state index in [0.717, 1.165) is 37.4 Å². The number of hydrogen-bond acceptors (Lipinski definition) is 2. The first-order chi connectivity index (χ1) is 13.5. The van der Waals surface area contributed by atoms with Crippen molar-refractivity contribution in [2.75, 3.05) is 13.1 Å². The number of nitrogens with zero attached hydrogens (tertiary/aromatic N) is 2. The Kier molecular flexibility index (Phi) is 4.21. The van der Waals surface area contributed by atoms with Gasteiger partial charge in [-0.15, -0.1) is 0 Å². The van der Waals surface area contributed by atoms with Gasteiger partial charge in [-0.25, -0.2) is 8.78 Å². The normalized spacial score (nSPS) is 29.4. The van der Waals surface area contributed by atoms with Gasteiger partial charge in [-0.1, -0.05) is 29.8 Å². The fourth-order valence-electron chi connectivity index (χ4n) is 5.64. The average molecular weight is 403 g/mol. The second-order valence-electron chi connectivity index (χ2n) is 8.15. The molecular weight excluding hydrogens is 382 g/mol. The first kappa shape index (κ1) is 18.1. The molecule has 3 nitrogen and oxygen atoms in total. The maximum Gasteiger partial charge on any atom is 0.243 e. The van der Waals surface area contributed by atoms with Crippen molar-refractivity contribution >= 4 is 17.5 Å². The second-order valence-corrected chi connectivity index (χ2v) is 8.59. The number of rotatable bonds is 3. The number of hydrogen-bond donors (Lipinski definition) is 0. The fourth-order valence-corrected chi connectivity index (χ4v) is 5.85. The van der Waals surface area contributed by atoms with E-state index < -0.39 is 17.2 Å². The smallest absolute Gasteiger partial charge is 0.243 e. The van der Waals surface area contributed by atoms with E-state index >= 15 is 0 Å². The Morgan fingerprint density at radius 1 is 1.18 bits per heavy atom. The molecule has 6 heteroatoms. The minimum atomic E-state index is -0.570. The van der Waals surface area contributed by atoms with Gasteiger partial charge in [-0.2, -0.15) is 0 Å². The molecule has 1 spiro atoms. The van der Waals surface area contributed by atoms with Crippen molar-refractivity contribution < 1.29 is 13.6 Å². The van der Waals surface area contributed by atoms with Gasteiger partial charge in [0.15, 0.2) is 0 Å². The predicted octanol–water partition coefficient (Wildman–Crippen LogP) is 4.56. The topological polar surface area (TPSA) is 23.6 Å². The number of halogens is 3. The Bertz CT molecular complexity index is 952. The molecule has 0 aliphatic carbocycles. The van der Waals surface area contributed by atoms with Gasteiger partial charge in [0.2, 0.25) is 5.91 Å². The van der Waals surface area contributed by atoms with Crippen molar-refractivity contribution in [1.29, 1.82) is 0 Å². The van der Waals surface area contributed by atoms with Crippen molar-refractivity contribution in [3.05, 3.63) is 70.2 Å². The number of amides is 1. The highest BCUT2D eigenvalue weighted by Crippen LogP contribution is 2.56. The van der Waals surface area contributed by atoms with Gasteiger partial charge in [0, 0.05) is 41.7 Å². The molecule has 3 saturated heterocycles. The van der Waals surface area contributed by atoms with Gasteiger partial charge in [-0.3, -0.25) is 9.69 Å². The fraction of sp³-hybridized carbons (Fsp3) is 0.409. The van der Waals surface area contributed by atoms with Crippen LogP contribution in [0.1, 0.15) is 36.4 Å². The third kappa shape index (κ3) is 2.60. The Morgan fingerprint density at radius 3 is 2.82 bits per heavy atom. The monoisotopic (exact) mass is 402 g/mol. The summed E-state index contributed by atoms with van der Waals surface area (Å²) in [5, 5.41) is 0.664. The Balaban J connectivity index is 1.44. The first-order valence-corrected chi connectivity index (χ1v) is 10.1. The quantitative estimate of drug-likeness (QED) is 0.751. The van der Waals surface area contributed by atoms with Crippen LogP contribution in [0.2, 0.25) is 5.02 Å². The summed E-state index contributed by atoms with van der Waals surface area (Å²) in [6.07, 6.45) is 2.45. The van der Waals surface area contributed by atoms with Crippen LogP contribution in [0, 0.1) is 17.6 Å². The lowest BCUT2D eigenvalue weighted by atomic mass is 9.85. The molecule has 3 fully saturated rings. The van der Waals surface area contributed by atoms with Crippen LogP contribution in [-0.2, 0) is 11.3 Å². The van der Waals surface area contributed by atoms with Gasteiger partial charge < -0.3 is 4.90 Å². The highest BCUT2D eigenvalue weighted by atomic mass is 35.5. The summed E-state index contributed by atoms with van der Waals surface area (Å²) in [5.41, 5.74) is 0.985. The molecular formula is C22H21ClF2N2O. The summed E-state index contributed by atoms with van der Waals surface area (Å²) in [7, 11) is 0. The van der Waals surface area contributed by atoms with Crippen molar-refractivity contribution in [3.8, 4) is 0 Å². The lowest BCUT2D eigenvalue weighted by Crippen LogP contribution is -2.49. The van der Waals surface area contributed by atoms with Gasteiger partial charge in [0.25, 0.3) is 0 Å². The van der Waals surface area contributed by atoms with Crippen molar-refractivity contribution in [2.45, 2.75) is 37.4 Å². The highest BCUT2D eigenvalue weighted by Gasteiger charge is 2.65. The Hall–Kier alpha value is -1.98. The molecule has 3 aliphatic rings. The number of benzene rings is 2. The van der Waals surface area contributed by atoms with Crippen molar-refractivity contribution in [3.63, 3.8) is 0 Å². The molecule has 0 radical (unpaired) electrons. The van der Waals surface area contributed by atoms with E-state index in [1.54, 1.807) is 0 Å². The molecule has 0 aromatic heterocycles. The Labute approximate surface area is 167 Å². The average Bonchev–Trinajstić information content (AvgIpc) is 3.27. The van der Waals surface area contributed by atoms with E-state index in [0.29, 0.717) is 23.7 Å². The summed E-state index contributed by atoms with van der Waals surface area (Å²) >= 11 is 6.09. The van der Waals surface area contributed by atoms with E-state index in [4.69, 9.17) is 11.6 Å². The molecule has 28 heavy (non-hydrogen) atoms. The summed E-state index contributed by atoms with van der Waals surface area (Å²) in [5.74, 6) is -0.786. The number of carbonyl (C=O) groups is 1. The molecule has 1 amide bonds. The first-order valence-electron chi connectivity index (χ1n) is 9.74. The summed E-state index contributed by atoms with van der Waals surface area (Å²) in [4.78, 5) is 17.6. The zero-order valence-electron chi connectivity index (χ0n) is 15.4. The lowest BCUT2D eigenvalue weighted by Gasteiger charge is -2.33. The lowest BCUT2D eigenvalue weighted by molar-refractivity contribution is -0.137. The van der Waals surface area contributed by atoms with E-state index in [9.17, 15) is 13.6 Å². The van der Waals surface area contributed by atoms with Crippen LogP contribution in [0.4, 0.5) is 8.78 Å². The third-order valence-electron chi connectivity index (χ3n) is 6.71. The van der Waals surface area contributed by atoms with Gasteiger partial charge in [0.05, 0.1) is 0 Å². The molecule has 0 unspecified atom stereocenters. The van der Waals surface area contributed by atoms with Crippen LogP contribution >= 0.6 is 11.6 Å². The molecule has 146 valence electrons. The van der Waals surface area contributed by atoms with Crippen LogP contribution < -0.4 is 0 Å². The van der Waals surface area contributed by atoms with Gasteiger partial charge in [0.1, 0.15) is 17.2 Å². The van der Waals surface area contributed by atoms with E-state index in [-0.39, 0.29) is 17.9 Å². The maximum atomic E-state index is 14.5. The standard InChI is InChI=1S/C22H21ClF2N2O/c23-16-4-1-3-14(9-16)12-26-13-15-10-20(18-6-5-17(24)11-19(18)25)27-8-2-7-22(15,27)21(26)28/h1,3-6,9,11,15,20H,2,7-8,10,12-13H2/t15-,20-,22-/m0/s1. The Morgan fingerprint density at radius 2 is 2.04 bits per heavy atom. The zero-order valence-corrected chi connectivity index (χ0v) is 16.1. The molecule has 0 bridgehead atoms. The van der Waals surface area contributed by atoms with Crippen LogP contribution in [0.3, 0.4) is 0 Å².